The van der Waals surface area contributed by atoms with Gasteiger partial charge in [0.1, 0.15) is 6.61 Å². The fraction of sp³-hybridized carbons (Fsp3) is 0.649. The average molecular weight is 633 g/mol. The summed E-state index contributed by atoms with van der Waals surface area (Å²) in [4.78, 5) is 36.5. The number of carboxylic acids is 1. The lowest BCUT2D eigenvalue weighted by Gasteiger charge is -2.31. The van der Waals surface area contributed by atoms with Crippen LogP contribution in [0.3, 0.4) is 0 Å². The van der Waals surface area contributed by atoms with Gasteiger partial charge >= 0.3 is 17.9 Å². The number of unbranched alkanes of at least 4 members (excludes halogenated alkanes) is 5. The van der Waals surface area contributed by atoms with Crippen LogP contribution in [0.5, 0.6) is 0 Å². The molecule has 0 aromatic carbocycles. The predicted octanol–water partition coefficient (Wildman–Crippen LogP) is 7.90. The Morgan fingerprint density at radius 3 is 1.84 bits per heavy atom. The summed E-state index contributed by atoms with van der Waals surface area (Å²) in [5, 5.41) is 9.54. The number of ether oxygens (including phenoxy) is 3. The van der Waals surface area contributed by atoms with Gasteiger partial charge in [0.05, 0.1) is 40.8 Å². The first-order chi connectivity index (χ1) is 21.6. The molecule has 45 heavy (non-hydrogen) atoms. The molecule has 0 saturated heterocycles. The van der Waals surface area contributed by atoms with Gasteiger partial charge in [-0.05, 0) is 51.4 Å². The second kappa shape index (κ2) is 28.5. The zero-order chi connectivity index (χ0) is 33.6. The molecule has 2 unspecified atom stereocenters. The Bertz CT molecular complexity index is 928. The number of carbonyl (C=O) groups is 3. The van der Waals surface area contributed by atoms with Crippen LogP contribution in [0.1, 0.15) is 104 Å². The highest BCUT2D eigenvalue weighted by Gasteiger charge is 2.31. The maximum atomic E-state index is 12.5. The summed E-state index contributed by atoms with van der Waals surface area (Å²) in [5.74, 6) is -1.65. The second-order valence-corrected chi connectivity index (χ2v) is 12.0. The van der Waals surface area contributed by atoms with Crippen LogP contribution in [0, 0.1) is 0 Å². The summed E-state index contributed by atoms with van der Waals surface area (Å²) in [7, 11) is 5.46. The van der Waals surface area contributed by atoms with Crippen molar-refractivity contribution in [3.63, 3.8) is 0 Å². The van der Waals surface area contributed by atoms with E-state index >= 15 is 0 Å². The van der Waals surface area contributed by atoms with Crippen molar-refractivity contribution >= 4 is 17.9 Å². The Kier molecular flexibility index (Phi) is 26.6. The molecular weight excluding hydrogens is 570 g/mol. The SMILES string of the molecule is CC/C=C/C/C=C/C/C=C/CC(=O)OC(COCCC(C(=O)O)[N+](C)(C)C)COC(=O)CCCCCCC/C=C/C/C=C/CC. The van der Waals surface area contributed by atoms with Crippen molar-refractivity contribution in [1.82, 2.24) is 0 Å². The van der Waals surface area contributed by atoms with Crippen LogP contribution in [-0.4, -0.2) is 80.6 Å². The molecular formula is C37H62NO7+. The molecule has 8 heteroatoms. The number of likely N-dealkylation sites (N-methyl/N-ethyl adjacent to an activating group) is 1. The van der Waals surface area contributed by atoms with Crippen molar-refractivity contribution in [2.75, 3.05) is 41.0 Å². The quantitative estimate of drug-likeness (QED) is 0.0405. The van der Waals surface area contributed by atoms with Gasteiger partial charge in [-0.3, -0.25) is 9.59 Å². The maximum Gasteiger partial charge on any atom is 0.362 e. The molecule has 0 fully saturated rings. The number of carbonyl (C=O) groups excluding carboxylic acids is 2. The first-order valence-corrected chi connectivity index (χ1v) is 16.8. The van der Waals surface area contributed by atoms with Crippen molar-refractivity contribution in [3.05, 3.63) is 60.8 Å². The van der Waals surface area contributed by atoms with E-state index in [1.165, 1.54) is 0 Å². The number of quaternary nitrogens is 1. The topological polar surface area (TPSA) is 99.1 Å². The molecule has 0 aliphatic carbocycles. The molecule has 0 saturated carbocycles. The Morgan fingerprint density at radius 2 is 1.24 bits per heavy atom. The van der Waals surface area contributed by atoms with Gasteiger partial charge < -0.3 is 23.8 Å². The molecule has 1 N–H and O–H groups in total. The third-order valence-corrected chi connectivity index (χ3v) is 6.95. The van der Waals surface area contributed by atoms with Crippen molar-refractivity contribution in [2.24, 2.45) is 0 Å². The molecule has 0 heterocycles. The Hall–Kier alpha value is -2.97. The van der Waals surface area contributed by atoms with Gasteiger partial charge in [-0.25, -0.2) is 4.79 Å². The minimum Gasteiger partial charge on any atom is -0.477 e. The van der Waals surface area contributed by atoms with Gasteiger partial charge in [0.15, 0.2) is 12.1 Å². The molecule has 0 rings (SSSR count). The average Bonchev–Trinajstić information content (AvgIpc) is 2.98. The Morgan fingerprint density at radius 1 is 0.689 bits per heavy atom. The Labute approximate surface area is 273 Å². The van der Waals surface area contributed by atoms with Gasteiger partial charge in [0, 0.05) is 12.8 Å². The summed E-state index contributed by atoms with van der Waals surface area (Å²) in [6, 6.07) is -0.630. The van der Waals surface area contributed by atoms with E-state index in [4.69, 9.17) is 14.2 Å². The van der Waals surface area contributed by atoms with Crippen molar-refractivity contribution in [2.45, 2.75) is 116 Å². The lowest BCUT2D eigenvalue weighted by Crippen LogP contribution is -2.50. The largest absolute Gasteiger partial charge is 0.477 e. The minimum absolute atomic E-state index is 0.0174. The van der Waals surface area contributed by atoms with Crippen molar-refractivity contribution in [1.29, 1.82) is 0 Å². The summed E-state index contributed by atoms with van der Waals surface area (Å²) in [6.07, 6.45) is 31.7. The fourth-order valence-corrected chi connectivity index (χ4v) is 4.37. The van der Waals surface area contributed by atoms with Crippen LogP contribution < -0.4 is 0 Å². The van der Waals surface area contributed by atoms with E-state index in [0.29, 0.717) is 12.8 Å². The molecule has 0 spiro atoms. The van der Waals surface area contributed by atoms with Crippen LogP contribution in [0.2, 0.25) is 0 Å². The lowest BCUT2D eigenvalue weighted by atomic mass is 10.1. The maximum absolute atomic E-state index is 12.5. The van der Waals surface area contributed by atoms with Crippen molar-refractivity contribution < 1.29 is 38.2 Å². The van der Waals surface area contributed by atoms with Crippen molar-refractivity contribution in [3.8, 4) is 0 Å². The van der Waals surface area contributed by atoms with E-state index < -0.39 is 24.1 Å². The molecule has 0 aromatic heterocycles. The number of hydrogen-bond acceptors (Lipinski definition) is 6. The first-order valence-electron chi connectivity index (χ1n) is 16.8. The number of aliphatic carboxylic acids is 1. The normalized spacial score (nSPS) is 13.9. The third kappa shape index (κ3) is 27.1. The molecule has 0 aliphatic heterocycles. The van der Waals surface area contributed by atoms with Crippen LogP contribution in [0.25, 0.3) is 0 Å². The van der Waals surface area contributed by atoms with E-state index in [1.807, 2.05) is 33.3 Å². The molecule has 2 atom stereocenters. The van der Waals surface area contributed by atoms with E-state index in [2.05, 4.69) is 56.4 Å². The summed E-state index contributed by atoms with van der Waals surface area (Å²) in [5.41, 5.74) is 0. The molecule has 256 valence electrons. The predicted molar refractivity (Wildman–Crippen MR) is 183 cm³/mol. The van der Waals surface area contributed by atoms with E-state index in [9.17, 15) is 19.5 Å². The van der Waals surface area contributed by atoms with E-state index in [1.54, 1.807) is 6.08 Å². The third-order valence-electron chi connectivity index (χ3n) is 6.95. The number of allylic oxidation sites excluding steroid dienone is 9. The zero-order valence-corrected chi connectivity index (χ0v) is 28.8. The fourth-order valence-electron chi connectivity index (χ4n) is 4.37. The molecule has 0 aliphatic rings. The highest BCUT2D eigenvalue weighted by Crippen LogP contribution is 2.11. The molecule has 0 radical (unpaired) electrons. The number of carboxylic acid groups (broad SMARTS) is 1. The smallest absolute Gasteiger partial charge is 0.362 e. The van der Waals surface area contributed by atoms with Crippen LogP contribution in [0.15, 0.2) is 60.8 Å². The van der Waals surface area contributed by atoms with Gasteiger partial charge in [-0.1, -0.05) is 93.9 Å². The van der Waals surface area contributed by atoms with E-state index in [-0.39, 0.29) is 36.7 Å². The summed E-state index contributed by atoms with van der Waals surface area (Å²) in [6.45, 7) is 4.33. The van der Waals surface area contributed by atoms with Gasteiger partial charge in [-0.2, -0.15) is 0 Å². The van der Waals surface area contributed by atoms with Crippen LogP contribution in [0.4, 0.5) is 0 Å². The number of hydrogen-bond donors (Lipinski definition) is 1. The number of nitrogens with zero attached hydrogens (tertiary/aromatic N) is 1. The summed E-state index contributed by atoms with van der Waals surface area (Å²) >= 11 is 0. The van der Waals surface area contributed by atoms with Gasteiger partial charge in [-0.15, -0.1) is 0 Å². The minimum atomic E-state index is -0.894. The first kappa shape index (κ1) is 42.0. The molecule has 0 bridgehead atoms. The molecule has 8 nitrogen and oxygen atoms in total. The summed E-state index contributed by atoms with van der Waals surface area (Å²) < 4.78 is 17.0. The number of esters is 2. The monoisotopic (exact) mass is 632 g/mol. The van der Waals surface area contributed by atoms with Gasteiger partial charge in [0.25, 0.3) is 0 Å². The van der Waals surface area contributed by atoms with Crippen LogP contribution in [-0.2, 0) is 28.6 Å². The van der Waals surface area contributed by atoms with E-state index in [0.717, 1.165) is 70.6 Å². The van der Waals surface area contributed by atoms with Gasteiger partial charge in [0.2, 0.25) is 0 Å². The molecule has 0 amide bonds. The standard InChI is InChI=1S/C37H61NO7/c1-6-8-10-12-14-16-17-18-20-21-23-25-27-35(39)44-32-33(31-43-30-29-34(37(41)42)38(3,4)5)45-36(40)28-26-24-22-19-15-13-11-9-7-2/h8-11,14-16,19,24,26,33-34H,6-7,12-13,17-18,20-23,25,27-32H2,1-5H3/p+1/b10-8+,11-9+,16-14+,19-15+,26-24+. The Balaban J connectivity index is 4.60. The molecule has 0 aromatic rings. The second-order valence-electron chi connectivity index (χ2n) is 12.0. The highest BCUT2D eigenvalue weighted by molar-refractivity contribution is 5.72. The number of rotatable bonds is 28. The highest BCUT2D eigenvalue weighted by atomic mass is 16.6. The van der Waals surface area contributed by atoms with Crippen LogP contribution >= 0.6 is 0 Å². The lowest BCUT2D eigenvalue weighted by molar-refractivity contribution is -0.887. The zero-order valence-electron chi connectivity index (χ0n) is 28.8.